The van der Waals surface area contributed by atoms with E-state index >= 15 is 0 Å². The van der Waals surface area contributed by atoms with Crippen molar-refractivity contribution in [3.8, 4) is 0 Å². The predicted octanol–water partition coefficient (Wildman–Crippen LogP) is 2.50. The van der Waals surface area contributed by atoms with Crippen molar-refractivity contribution in [2.45, 2.75) is 6.54 Å². The van der Waals surface area contributed by atoms with Crippen LogP contribution in [0.2, 0.25) is 0 Å². The Morgan fingerprint density at radius 1 is 1.08 bits per heavy atom. The second kappa shape index (κ2) is 7.20. The zero-order valence-corrected chi connectivity index (χ0v) is 16.6. The number of aromatic nitrogens is 4. The molecule has 1 aliphatic rings. The van der Waals surface area contributed by atoms with Crippen molar-refractivity contribution in [2.75, 3.05) is 50.1 Å². The SMILES string of the molecule is CN(C)c1ccc(CN2CCN(c3ncnc4[nH]nc(Br)c34)CC2)cc1. The van der Waals surface area contributed by atoms with Gasteiger partial charge in [0.25, 0.3) is 0 Å². The first kappa shape index (κ1) is 17.2. The lowest BCUT2D eigenvalue weighted by Crippen LogP contribution is -2.46. The number of piperazine rings is 1. The Balaban J connectivity index is 1.41. The molecule has 0 unspecified atom stereocenters. The van der Waals surface area contributed by atoms with E-state index in [9.17, 15) is 0 Å². The molecule has 1 aliphatic heterocycles. The normalized spacial score (nSPS) is 15.6. The van der Waals surface area contributed by atoms with Gasteiger partial charge < -0.3 is 9.80 Å². The van der Waals surface area contributed by atoms with Crippen molar-refractivity contribution in [2.24, 2.45) is 0 Å². The van der Waals surface area contributed by atoms with E-state index in [1.165, 1.54) is 11.3 Å². The lowest BCUT2D eigenvalue weighted by atomic mass is 10.1. The predicted molar refractivity (Wildman–Crippen MR) is 108 cm³/mol. The Morgan fingerprint density at radius 3 is 2.50 bits per heavy atom. The summed E-state index contributed by atoms with van der Waals surface area (Å²) in [5, 5.41) is 8.08. The molecule has 0 aliphatic carbocycles. The average molecular weight is 416 g/mol. The van der Waals surface area contributed by atoms with Crippen molar-refractivity contribution in [3.63, 3.8) is 0 Å². The van der Waals surface area contributed by atoms with E-state index < -0.39 is 0 Å². The first-order chi connectivity index (χ1) is 12.6. The molecule has 1 fully saturated rings. The number of hydrogen-bond acceptors (Lipinski definition) is 6. The number of nitrogens with zero attached hydrogens (tertiary/aromatic N) is 6. The molecule has 26 heavy (non-hydrogen) atoms. The van der Waals surface area contributed by atoms with E-state index in [1.54, 1.807) is 6.33 Å². The van der Waals surface area contributed by atoms with Crippen LogP contribution in [0.25, 0.3) is 11.0 Å². The molecule has 1 N–H and O–H groups in total. The van der Waals surface area contributed by atoms with Gasteiger partial charge in [0, 0.05) is 52.5 Å². The number of halogens is 1. The van der Waals surface area contributed by atoms with Crippen LogP contribution in [0.4, 0.5) is 11.5 Å². The molecule has 8 heteroatoms. The van der Waals surface area contributed by atoms with Crippen LogP contribution in [0.15, 0.2) is 35.2 Å². The maximum Gasteiger partial charge on any atom is 0.161 e. The number of benzene rings is 1. The summed E-state index contributed by atoms with van der Waals surface area (Å²) in [4.78, 5) is 15.7. The van der Waals surface area contributed by atoms with Gasteiger partial charge in [0.2, 0.25) is 0 Å². The van der Waals surface area contributed by atoms with Crippen LogP contribution < -0.4 is 9.80 Å². The molecule has 3 heterocycles. The molecule has 0 amide bonds. The second-order valence-electron chi connectivity index (χ2n) is 6.76. The van der Waals surface area contributed by atoms with Gasteiger partial charge in [-0.1, -0.05) is 12.1 Å². The van der Waals surface area contributed by atoms with E-state index in [2.05, 4.69) is 89.2 Å². The quantitative estimate of drug-likeness (QED) is 0.705. The van der Waals surface area contributed by atoms with E-state index in [0.717, 1.165) is 54.2 Å². The van der Waals surface area contributed by atoms with Crippen LogP contribution in [0, 0.1) is 0 Å². The van der Waals surface area contributed by atoms with Gasteiger partial charge in [-0.3, -0.25) is 10.00 Å². The number of aromatic amines is 1. The van der Waals surface area contributed by atoms with Crippen LogP contribution in [0.1, 0.15) is 5.56 Å². The Kier molecular flexibility index (Phi) is 4.78. The summed E-state index contributed by atoms with van der Waals surface area (Å²) < 4.78 is 0.770. The lowest BCUT2D eigenvalue weighted by Gasteiger charge is -2.35. The molecular weight excluding hydrogens is 394 g/mol. The second-order valence-corrected chi connectivity index (χ2v) is 7.51. The van der Waals surface area contributed by atoms with Crippen molar-refractivity contribution in [3.05, 3.63) is 40.8 Å². The van der Waals surface area contributed by atoms with Gasteiger partial charge in [0.15, 0.2) is 5.65 Å². The zero-order chi connectivity index (χ0) is 18.1. The molecule has 0 atom stereocenters. The molecule has 0 saturated carbocycles. The molecular formula is C18H22BrN7. The Labute approximate surface area is 161 Å². The molecule has 136 valence electrons. The third kappa shape index (κ3) is 3.39. The molecule has 7 nitrogen and oxygen atoms in total. The number of H-pyrrole nitrogens is 1. The number of anilines is 2. The number of fused-ring (bicyclic) bond motifs is 1. The highest BCUT2D eigenvalue weighted by molar-refractivity contribution is 9.10. The number of nitrogens with one attached hydrogen (secondary N) is 1. The van der Waals surface area contributed by atoms with E-state index in [1.807, 2.05) is 0 Å². The van der Waals surface area contributed by atoms with Crippen molar-refractivity contribution >= 4 is 38.5 Å². The first-order valence-corrected chi connectivity index (χ1v) is 9.49. The van der Waals surface area contributed by atoms with Crippen LogP contribution in [-0.2, 0) is 6.54 Å². The van der Waals surface area contributed by atoms with Gasteiger partial charge in [-0.05, 0) is 33.6 Å². The van der Waals surface area contributed by atoms with Crippen LogP contribution in [0.5, 0.6) is 0 Å². The summed E-state index contributed by atoms with van der Waals surface area (Å²) in [5.41, 5.74) is 3.35. The molecule has 2 aromatic heterocycles. The van der Waals surface area contributed by atoms with E-state index in [4.69, 9.17) is 0 Å². The summed E-state index contributed by atoms with van der Waals surface area (Å²) in [5.74, 6) is 0.950. The maximum atomic E-state index is 4.50. The summed E-state index contributed by atoms with van der Waals surface area (Å²) in [7, 11) is 4.13. The number of rotatable bonds is 4. The van der Waals surface area contributed by atoms with E-state index in [0.29, 0.717) is 0 Å². The summed E-state index contributed by atoms with van der Waals surface area (Å²) in [6.07, 6.45) is 1.60. The third-order valence-electron chi connectivity index (χ3n) is 4.82. The maximum absolute atomic E-state index is 4.50. The minimum absolute atomic E-state index is 0.769. The fourth-order valence-electron chi connectivity index (χ4n) is 3.32. The Bertz CT molecular complexity index is 882. The largest absolute Gasteiger partial charge is 0.378 e. The number of hydrogen-bond donors (Lipinski definition) is 1. The summed E-state index contributed by atoms with van der Waals surface area (Å²) in [6.45, 7) is 4.89. The first-order valence-electron chi connectivity index (χ1n) is 8.70. The van der Waals surface area contributed by atoms with Crippen LogP contribution in [-0.4, -0.2) is 65.3 Å². The van der Waals surface area contributed by atoms with Gasteiger partial charge in [0.1, 0.15) is 16.7 Å². The van der Waals surface area contributed by atoms with Crippen molar-refractivity contribution in [1.29, 1.82) is 0 Å². The topological polar surface area (TPSA) is 64.2 Å². The van der Waals surface area contributed by atoms with Crippen molar-refractivity contribution < 1.29 is 0 Å². The standard InChI is InChI=1S/C18H22BrN7/c1-24(2)14-5-3-13(4-6-14)11-25-7-9-26(10-8-25)18-15-16(19)22-23-17(15)20-12-21-18/h3-6,12H,7-11H2,1-2H3,(H,20,21,22,23). The Hall–Kier alpha value is -2.19. The average Bonchev–Trinajstić information content (AvgIpc) is 3.04. The van der Waals surface area contributed by atoms with Gasteiger partial charge in [0.05, 0.1) is 5.39 Å². The molecule has 0 radical (unpaired) electrons. The molecule has 0 spiro atoms. The van der Waals surface area contributed by atoms with Gasteiger partial charge in [-0.15, -0.1) is 0 Å². The molecule has 1 aromatic carbocycles. The van der Waals surface area contributed by atoms with Gasteiger partial charge in [-0.2, -0.15) is 5.10 Å². The summed E-state index contributed by atoms with van der Waals surface area (Å²) in [6, 6.07) is 8.80. The highest BCUT2D eigenvalue weighted by Gasteiger charge is 2.22. The highest BCUT2D eigenvalue weighted by Crippen LogP contribution is 2.28. The highest BCUT2D eigenvalue weighted by atomic mass is 79.9. The Morgan fingerprint density at radius 2 is 1.81 bits per heavy atom. The van der Waals surface area contributed by atoms with Gasteiger partial charge >= 0.3 is 0 Å². The minimum Gasteiger partial charge on any atom is -0.378 e. The minimum atomic E-state index is 0.769. The molecule has 0 bridgehead atoms. The fraction of sp³-hybridized carbons (Fsp3) is 0.389. The molecule has 3 aromatic rings. The lowest BCUT2D eigenvalue weighted by molar-refractivity contribution is 0.249. The van der Waals surface area contributed by atoms with Crippen LogP contribution >= 0.6 is 15.9 Å². The van der Waals surface area contributed by atoms with Crippen molar-refractivity contribution in [1.82, 2.24) is 25.1 Å². The van der Waals surface area contributed by atoms with E-state index in [-0.39, 0.29) is 0 Å². The smallest absolute Gasteiger partial charge is 0.161 e. The van der Waals surface area contributed by atoms with Crippen LogP contribution in [0.3, 0.4) is 0 Å². The third-order valence-corrected chi connectivity index (χ3v) is 5.40. The monoisotopic (exact) mass is 415 g/mol. The van der Waals surface area contributed by atoms with Gasteiger partial charge in [-0.25, -0.2) is 9.97 Å². The fourth-order valence-corrected chi connectivity index (χ4v) is 3.78. The zero-order valence-electron chi connectivity index (χ0n) is 15.0. The molecule has 4 rings (SSSR count). The molecule has 1 saturated heterocycles. The summed E-state index contributed by atoms with van der Waals surface area (Å²) >= 11 is 3.49.